The van der Waals surface area contributed by atoms with Gasteiger partial charge in [-0.2, -0.15) is 13.2 Å². The van der Waals surface area contributed by atoms with Crippen LogP contribution in [0.25, 0.3) is 0 Å². The summed E-state index contributed by atoms with van der Waals surface area (Å²) in [6.07, 6.45) is -5.42. The van der Waals surface area contributed by atoms with Crippen LogP contribution in [0.1, 0.15) is 53.2 Å². The van der Waals surface area contributed by atoms with E-state index >= 15 is 0 Å². The van der Waals surface area contributed by atoms with Crippen LogP contribution in [0.15, 0.2) is 41.6 Å². The maximum absolute atomic E-state index is 13.1. The van der Waals surface area contributed by atoms with Gasteiger partial charge < -0.3 is 9.74 Å². The number of halogens is 5. The molecule has 38 heavy (non-hydrogen) atoms. The molecule has 4 rings (SSSR count). The van der Waals surface area contributed by atoms with Gasteiger partial charge in [0.2, 0.25) is 11.8 Å². The fraction of sp³-hybridized carbons (Fsp3) is 0.385. The number of imide groups is 1. The molecule has 0 bridgehead atoms. The smallest absolute Gasteiger partial charge is 0.384 e. The largest absolute Gasteiger partial charge is 0.389 e. The first-order chi connectivity index (χ1) is 17.8. The minimum Gasteiger partial charge on any atom is -0.384 e. The van der Waals surface area contributed by atoms with Gasteiger partial charge >= 0.3 is 6.18 Å². The van der Waals surface area contributed by atoms with Crippen LogP contribution in [0.5, 0.6) is 0 Å². The molecule has 1 fully saturated rings. The van der Waals surface area contributed by atoms with Gasteiger partial charge in [-0.25, -0.2) is 0 Å². The van der Waals surface area contributed by atoms with E-state index in [1.165, 1.54) is 0 Å². The van der Waals surface area contributed by atoms with Crippen molar-refractivity contribution in [2.24, 2.45) is 5.16 Å². The fourth-order valence-electron chi connectivity index (χ4n) is 4.48. The average Bonchev–Trinajstić information content (AvgIpc) is 3.22. The molecule has 0 radical (unpaired) electrons. The predicted molar refractivity (Wildman–Crippen MR) is 135 cm³/mol. The number of piperazine rings is 1. The number of alkyl halides is 3. The monoisotopic (exact) mass is 569 g/mol. The number of aryl methyl sites for hydroxylation is 1. The summed E-state index contributed by atoms with van der Waals surface area (Å²) in [5.74, 6) is -1.93. The molecule has 2 aliphatic heterocycles. The minimum atomic E-state index is -4.37. The van der Waals surface area contributed by atoms with Gasteiger partial charge in [0.15, 0.2) is 5.60 Å². The Morgan fingerprint density at radius 2 is 1.71 bits per heavy atom. The summed E-state index contributed by atoms with van der Waals surface area (Å²) >= 11 is 12.3. The van der Waals surface area contributed by atoms with Crippen LogP contribution >= 0.6 is 23.2 Å². The zero-order valence-electron chi connectivity index (χ0n) is 20.6. The van der Waals surface area contributed by atoms with Crippen molar-refractivity contribution in [1.29, 1.82) is 0 Å². The van der Waals surface area contributed by atoms with Crippen molar-refractivity contribution in [3.8, 4) is 0 Å². The second kappa shape index (κ2) is 10.6. The first-order valence-electron chi connectivity index (χ1n) is 11.8. The number of carbonyl (C=O) groups is 3. The summed E-state index contributed by atoms with van der Waals surface area (Å²) in [6, 6.07) is 10.2. The van der Waals surface area contributed by atoms with Crippen LogP contribution in [0.4, 0.5) is 13.2 Å². The Hall–Kier alpha value is -3.11. The molecule has 0 saturated carbocycles. The van der Waals surface area contributed by atoms with Crippen LogP contribution in [0, 0.1) is 6.92 Å². The molecule has 2 aromatic rings. The molecule has 0 aliphatic carbocycles. The minimum absolute atomic E-state index is 0.295. The Bertz CT molecular complexity index is 1290. The molecule has 1 atom stereocenters. The normalized spacial score (nSPS) is 20.0. The number of rotatable bonds is 6. The SMILES string of the molecule is Cc1cc(C2=NOC(C)(c3cc(Cl)cc(Cl)c3)C2)ccc1C(=O)N1CC(=O)N(CCCC(F)(F)F)C(=O)C1. The molecule has 2 aliphatic rings. The van der Waals surface area contributed by atoms with E-state index < -0.39 is 35.9 Å². The molecule has 2 aromatic carbocycles. The molecular weight excluding hydrogens is 546 g/mol. The molecule has 2 heterocycles. The quantitative estimate of drug-likeness (QED) is 0.430. The van der Waals surface area contributed by atoms with E-state index in [2.05, 4.69) is 5.16 Å². The zero-order chi connectivity index (χ0) is 27.8. The van der Waals surface area contributed by atoms with Gasteiger partial charge in [-0.1, -0.05) is 34.4 Å². The molecule has 7 nitrogen and oxygen atoms in total. The van der Waals surface area contributed by atoms with Crippen molar-refractivity contribution in [2.45, 2.75) is 44.9 Å². The summed E-state index contributed by atoms with van der Waals surface area (Å²) in [5.41, 5.74) is 2.27. The first-order valence-corrected chi connectivity index (χ1v) is 12.5. The molecular formula is C26H24Cl2F3N3O4. The van der Waals surface area contributed by atoms with Gasteiger partial charge in [0.05, 0.1) is 5.71 Å². The molecule has 0 N–H and O–H groups in total. The van der Waals surface area contributed by atoms with E-state index in [9.17, 15) is 27.6 Å². The molecule has 1 saturated heterocycles. The van der Waals surface area contributed by atoms with E-state index in [1.54, 1.807) is 43.3 Å². The third kappa shape index (κ3) is 6.13. The summed E-state index contributed by atoms with van der Waals surface area (Å²) in [4.78, 5) is 45.6. The van der Waals surface area contributed by atoms with Gasteiger partial charge in [0.1, 0.15) is 13.1 Å². The van der Waals surface area contributed by atoms with Crippen LogP contribution in [0.3, 0.4) is 0 Å². The highest BCUT2D eigenvalue weighted by atomic mass is 35.5. The highest BCUT2D eigenvalue weighted by molar-refractivity contribution is 6.34. The third-order valence-corrected chi connectivity index (χ3v) is 6.95. The topological polar surface area (TPSA) is 79.3 Å². The van der Waals surface area contributed by atoms with Crippen LogP contribution in [-0.2, 0) is 20.0 Å². The predicted octanol–water partition coefficient (Wildman–Crippen LogP) is 5.50. The number of oxime groups is 1. The molecule has 3 amide bonds. The number of hydrogen-bond donors (Lipinski definition) is 0. The van der Waals surface area contributed by atoms with Crippen molar-refractivity contribution in [1.82, 2.24) is 9.80 Å². The van der Waals surface area contributed by atoms with Gasteiger partial charge in [-0.3, -0.25) is 19.3 Å². The Morgan fingerprint density at radius 1 is 1.08 bits per heavy atom. The van der Waals surface area contributed by atoms with E-state index in [-0.39, 0.29) is 26.1 Å². The van der Waals surface area contributed by atoms with E-state index in [0.29, 0.717) is 33.3 Å². The Labute approximate surface area is 227 Å². The summed E-state index contributed by atoms with van der Waals surface area (Å²) in [6.45, 7) is 2.47. The zero-order valence-corrected chi connectivity index (χ0v) is 22.1. The Morgan fingerprint density at radius 3 is 2.29 bits per heavy atom. The van der Waals surface area contributed by atoms with E-state index in [4.69, 9.17) is 28.0 Å². The van der Waals surface area contributed by atoms with Gasteiger partial charge in [-0.15, -0.1) is 0 Å². The number of carbonyl (C=O) groups excluding carboxylic acids is 3. The second-order valence-electron chi connectivity index (χ2n) is 9.54. The Balaban J connectivity index is 1.43. The van der Waals surface area contributed by atoms with Crippen LogP contribution in [-0.4, -0.2) is 59.0 Å². The summed E-state index contributed by atoms with van der Waals surface area (Å²) < 4.78 is 37.2. The van der Waals surface area contributed by atoms with E-state index in [0.717, 1.165) is 20.9 Å². The fourth-order valence-corrected chi connectivity index (χ4v) is 5.01. The molecule has 0 spiro atoms. The molecule has 12 heteroatoms. The third-order valence-electron chi connectivity index (χ3n) is 6.51. The van der Waals surface area contributed by atoms with Crippen molar-refractivity contribution >= 4 is 46.6 Å². The van der Waals surface area contributed by atoms with Crippen LogP contribution < -0.4 is 0 Å². The highest BCUT2D eigenvalue weighted by Crippen LogP contribution is 2.38. The number of hydrogen-bond acceptors (Lipinski definition) is 5. The maximum Gasteiger partial charge on any atom is 0.389 e. The average molecular weight is 570 g/mol. The van der Waals surface area contributed by atoms with Crippen molar-refractivity contribution < 1.29 is 32.4 Å². The first kappa shape index (κ1) is 27.9. The van der Waals surface area contributed by atoms with E-state index in [1.807, 2.05) is 6.92 Å². The van der Waals surface area contributed by atoms with Crippen LogP contribution in [0.2, 0.25) is 10.0 Å². The van der Waals surface area contributed by atoms with Crippen molar-refractivity contribution in [3.05, 3.63) is 68.7 Å². The van der Waals surface area contributed by atoms with Crippen molar-refractivity contribution in [3.63, 3.8) is 0 Å². The standard InChI is InChI=1S/C26H24Cl2F3N3O4/c1-15-8-16(21-12-25(2,38-32-21)17-9-18(27)11-19(28)10-17)4-5-20(15)24(37)33-13-22(35)34(23(36)14-33)7-3-6-26(29,30)31/h4-5,8-11H,3,6-7,12-14H2,1-2H3. The number of benzene rings is 2. The maximum atomic E-state index is 13.1. The summed E-state index contributed by atoms with van der Waals surface area (Å²) in [7, 11) is 0. The number of nitrogens with zero attached hydrogens (tertiary/aromatic N) is 3. The lowest BCUT2D eigenvalue weighted by molar-refractivity contribution is -0.153. The van der Waals surface area contributed by atoms with Gasteiger partial charge in [-0.05, 0) is 61.7 Å². The molecule has 202 valence electrons. The number of amides is 3. The second-order valence-corrected chi connectivity index (χ2v) is 10.4. The molecule has 1 unspecified atom stereocenters. The lowest BCUT2D eigenvalue weighted by atomic mass is 9.88. The van der Waals surface area contributed by atoms with Crippen molar-refractivity contribution in [2.75, 3.05) is 19.6 Å². The lowest BCUT2D eigenvalue weighted by Gasteiger charge is -2.33. The molecule has 0 aromatic heterocycles. The summed E-state index contributed by atoms with van der Waals surface area (Å²) in [5, 5.41) is 5.19. The van der Waals surface area contributed by atoms with Gasteiger partial charge in [0, 0.05) is 40.6 Å². The highest BCUT2D eigenvalue weighted by Gasteiger charge is 2.38. The Kier molecular flexibility index (Phi) is 7.76. The lowest BCUT2D eigenvalue weighted by Crippen LogP contribution is -2.55. The van der Waals surface area contributed by atoms with Gasteiger partial charge in [0.25, 0.3) is 5.91 Å².